The molecule has 0 heterocycles. The van der Waals surface area contributed by atoms with Gasteiger partial charge in [-0.25, -0.2) is 0 Å². The Morgan fingerprint density at radius 2 is 0.882 bits per heavy atom. The first kappa shape index (κ1) is 21.2. The van der Waals surface area contributed by atoms with Gasteiger partial charge in [-0.1, -0.05) is 127 Å². The standard InChI is InChI=1S/C32H23PS/c34-30-22-20-24-12-8-10-18-28(24)32(30)31-27-17-9-7-11-23(27)19-21-29(31)33(25-13-3-1-4-14-25)26-15-5-2-6-16-26/h1-22,34H. The van der Waals surface area contributed by atoms with Crippen molar-refractivity contribution in [2.45, 2.75) is 4.90 Å². The molecule has 0 radical (unpaired) electrons. The number of rotatable bonds is 4. The molecule has 0 fully saturated rings. The lowest BCUT2D eigenvalue weighted by molar-refractivity contribution is 1.52. The van der Waals surface area contributed by atoms with Crippen molar-refractivity contribution in [2.75, 3.05) is 0 Å². The van der Waals surface area contributed by atoms with Crippen LogP contribution in [0, 0.1) is 0 Å². The van der Waals surface area contributed by atoms with E-state index in [9.17, 15) is 0 Å². The van der Waals surface area contributed by atoms with E-state index < -0.39 is 7.92 Å². The number of hydrogen-bond acceptors (Lipinski definition) is 1. The molecule has 6 rings (SSSR count). The van der Waals surface area contributed by atoms with Crippen LogP contribution in [0.15, 0.2) is 138 Å². The third-order valence-electron chi connectivity index (χ3n) is 6.33. The van der Waals surface area contributed by atoms with Crippen LogP contribution in [0.1, 0.15) is 0 Å². The lowest BCUT2D eigenvalue weighted by Gasteiger charge is -2.25. The molecule has 0 N–H and O–H groups in total. The second kappa shape index (κ2) is 9.11. The van der Waals surface area contributed by atoms with Crippen molar-refractivity contribution in [3.05, 3.63) is 133 Å². The summed E-state index contributed by atoms with van der Waals surface area (Å²) in [4.78, 5) is 1.01. The second-order valence-electron chi connectivity index (χ2n) is 8.37. The van der Waals surface area contributed by atoms with Crippen LogP contribution in [0.25, 0.3) is 32.7 Å². The monoisotopic (exact) mass is 470 g/mol. The molecule has 0 aliphatic carbocycles. The predicted molar refractivity (Wildman–Crippen MR) is 153 cm³/mol. The third kappa shape index (κ3) is 3.72. The van der Waals surface area contributed by atoms with Crippen LogP contribution in [-0.4, -0.2) is 0 Å². The number of thiol groups is 1. The Kier molecular flexibility index (Phi) is 5.67. The van der Waals surface area contributed by atoms with Crippen LogP contribution in [0.5, 0.6) is 0 Å². The largest absolute Gasteiger partial charge is 0.143 e. The average Bonchev–Trinajstić information content (AvgIpc) is 2.90. The molecule has 6 aromatic carbocycles. The van der Waals surface area contributed by atoms with Gasteiger partial charge in [-0.05, 0) is 57.0 Å². The van der Waals surface area contributed by atoms with E-state index in [-0.39, 0.29) is 0 Å². The highest BCUT2D eigenvalue weighted by Crippen LogP contribution is 2.43. The zero-order valence-electron chi connectivity index (χ0n) is 18.6. The molecule has 0 saturated carbocycles. The average molecular weight is 471 g/mol. The van der Waals surface area contributed by atoms with Crippen LogP contribution in [-0.2, 0) is 0 Å². The van der Waals surface area contributed by atoms with Gasteiger partial charge in [0.25, 0.3) is 0 Å². The highest BCUT2D eigenvalue weighted by molar-refractivity contribution is 7.80. The lowest BCUT2D eigenvalue weighted by atomic mass is 9.94. The van der Waals surface area contributed by atoms with Crippen molar-refractivity contribution in [2.24, 2.45) is 0 Å². The Hall–Kier alpha value is -3.38. The lowest BCUT2D eigenvalue weighted by Crippen LogP contribution is -2.22. The molecule has 0 unspecified atom stereocenters. The molecule has 0 nitrogen and oxygen atoms in total. The van der Waals surface area contributed by atoms with E-state index in [0.717, 1.165) is 4.90 Å². The summed E-state index contributed by atoms with van der Waals surface area (Å²) in [5.41, 5.74) is 2.51. The summed E-state index contributed by atoms with van der Waals surface area (Å²) in [5.74, 6) is 0. The summed E-state index contributed by atoms with van der Waals surface area (Å²) in [6.45, 7) is 0. The van der Waals surface area contributed by atoms with Crippen molar-refractivity contribution in [3.63, 3.8) is 0 Å². The van der Waals surface area contributed by atoms with Crippen LogP contribution in [0.2, 0.25) is 0 Å². The molecule has 0 aliphatic heterocycles. The van der Waals surface area contributed by atoms with Gasteiger partial charge in [0.1, 0.15) is 0 Å². The minimum absolute atomic E-state index is 0.765. The highest BCUT2D eigenvalue weighted by atomic mass is 32.1. The summed E-state index contributed by atoms with van der Waals surface area (Å²) in [7, 11) is -0.765. The van der Waals surface area contributed by atoms with Gasteiger partial charge < -0.3 is 0 Å². The molecule has 34 heavy (non-hydrogen) atoms. The summed E-state index contributed by atoms with van der Waals surface area (Å²) in [6, 6.07) is 48.2. The number of benzene rings is 6. The molecule has 0 atom stereocenters. The minimum atomic E-state index is -0.765. The Bertz CT molecular complexity index is 1570. The highest BCUT2D eigenvalue weighted by Gasteiger charge is 2.23. The molecular weight excluding hydrogens is 447 g/mol. The SMILES string of the molecule is Sc1ccc2ccccc2c1-c1c(P(c2ccccc2)c2ccccc2)ccc2ccccc12. The van der Waals surface area contributed by atoms with Gasteiger partial charge in [-0.2, -0.15) is 0 Å². The van der Waals surface area contributed by atoms with Crippen LogP contribution in [0.3, 0.4) is 0 Å². The molecule has 0 bridgehead atoms. The Labute approximate surface area is 207 Å². The quantitative estimate of drug-likeness (QED) is 0.198. The first-order chi connectivity index (χ1) is 16.8. The van der Waals surface area contributed by atoms with E-state index in [4.69, 9.17) is 12.6 Å². The first-order valence-electron chi connectivity index (χ1n) is 11.4. The van der Waals surface area contributed by atoms with Gasteiger partial charge in [0, 0.05) is 10.5 Å². The summed E-state index contributed by atoms with van der Waals surface area (Å²) in [6.07, 6.45) is 0. The van der Waals surface area contributed by atoms with Gasteiger partial charge in [0.2, 0.25) is 0 Å². The third-order valence-corrected chi connectivity index (χ3v) is 9.19. The Balaban J connectivity index is 1.76. The van der Waals surface area contributed by atoms with Gasteiger partial charge in [0.15, 0.2) is 0 Å². The van der Waals surface area contributed by atoms with E-state index in [1.54, 1.807) is 0 Å². The second-order valence-corrected chi connectivity index (χ2v) is 11.0. The van der Waals surface area contributed by atoms with Crippen LogP contribution in [0.4, 0.5) is 0 Å². The van der Waals surface area contributed by atoms with E-state index in [2.05, 4.69) is 133 Å². The molecule has 0 amide bonds. The zero-order valence-corrected chi connectivity index (χ0v) is 20.4. The van der Waals surface area contributed by atoms with E-state index in [0.29, 0.717) is 0 Å². The van der Waals surface area contributed by atoms with Crippen molar-refractivity contribution < 1.29 is 0 Å². The molecule has 0 aromatic heterocycles. The molecule has 0 aliphatic rings. The maximum atomic E-state index is 5.01. The molecule has 0 saturated heterocycles. The van der Waals surface area contributed by atoms with E-state index in [1.807, 2.05) is 0 Å². The zero-order chi connectivity index (χ0) is 22.9. The van der Waals surface area contributed by atoms with E-state index in [1.165, 1.54) is 48.6 Å². The van der Waals surface area contributed by atoms with Crippen LogP contribution >= 0.6 is 20.6 Å². The van der Waals surface area contributed by atoms with Crippen molar-refractivity contribution in [3.8, 4) is 11.1 Å². The Morgan fingerprint density at radius 3 is 1.47 bits per heavy atom. The summed E-state index contributed by atoms with van der Waals surface area (Å²) >= 11 is 5.01. The van der Waals surface area contributed by atoms with Crippen molar-refractivity contribution >= 4 is 58.0 Å². The van der Waals surface area contributed by atoms with Crippen LogP contribution < -0.4 is 15.9 Å². The van der Waals surface area contributed by atoms with Gasteiger partial charge >= 0.3 is 0 Å². The predicted octanol–water partition coefficient (Wildman–Crippen LogP) is 7.71. The summed E-state index contributed by atoms with van der Waals surface area (Å²) < 4.78 is 0. The number of fused-ring (bicyclic) bond motifs is 2. The van der Waals surface area contributed by atoms with Gasteiger partial charge in [-0.15, -0.1) is 12.6 Å². The fourth-order valence-electron chi connectivity index (χ4n) is 4.81. The minimum Gasteiger partial charge on any atom is -0.143 e. The fraction of sp³-hybridized carbons (Fsp3) is 0. The molecule has 2 heteroatoms. The molecule has 0 spiro atoms. The fourth-order valence-corrected chi connectivity index (χ4v) is 7.59. The van der Waals surface area contributed by atoms with Gasteiger partial charge in [-0.3, -0.25) is 0 Å². The molecule has 6 aromatic rings. The van der Waals surface area contributed by atoms with Crippen molar-refractivity contribution in [1.29, 1.82) is 0 Å². The first-order valence-corrected chi connectivity index (χ1v) is 13.2. The normalized spacial score (nSPS) is 11.4. The summed E-state index contributed by atoms with van der Waals surface area (Å²) in [5, 5.41) is 9.05. The Morgan fingerprint density at radius 1 is 0.412 bits per heavy atom. The maximum Gasteiger partial charge on any atom is 0.0125 e. The molecular formula is C32H23PS. The maximum absolute atomic E-state index is 5.01. The van der Waals surface area contributed by atoms with Gasteiger partial charge in [0.05, 0.1) is 0 Å². The van der Waals surface area contributed by atoms with E-state index >= 15 is 0 Å². The molecule has 162 valence electrons. The topological polar surface area (TPSA) is 0 Å². The smallest absolute Gasteiger partial charge is 0.0125 e. The van der Waals surface area contributed by atoms with Crippen molar-refractivity contribution in [1.82, 2.24) is 0 Å². The number of hydrogen-bond donors (Lipinski definition) is 1.